The van der Waals surface area contributed by atoms with Crippen LogP contribution in [0.15, 0.2) is 18.2 Å². The van der Waals surface area contributed by atoms with Crippen LogP contribution in [0.25, 0.3) is 0 Å². The van der Waals surface area contributed by atoms with Crippen molar-refractivity contribution in [3.8, 4) is 11.5 Å². The molecule has 1 spiro atoms. The van der Waals surface area contributed by atoms with E-state index >= 15 is 0 Å². The molecule has 2 bridgehead atoms. The molecular weight excluding hydrogens is 298 g/mol. The first-order valence-electron chi connectivity index (χ1n) is 7.95. The molecule has 4 aliphatic rings. The van der Waals surface area contributed by atoms with Crippen molar-refractivity contribution in [1.29, 1.82) is 0 Å². The molecule has 1 heterocycles. The second kappa shape index (κ2) is 4.88. The molecule has 3 fully saturated rings. The van der Waals surface area contributed by atoms with Gasteiger partial charge in [-0.05, 0) is 37.3 Å². The highest BCUT2D eigenvalue weighted by Crippen LogP contribution is 2.52. The number of carboxylic acid groups (broad SMARTS) is 1. The smallest absolute Gasteiger partial charge is 0.306 e. The molecule has 2 N–H and O–H groups in total. The minimum atomic E-state index is -0.773. The Bertz CT molecular complexity index is 688. The lowest BCUT2D eigenvalue weighted by Gasteiger charge is -2.54. The lowest BCUT2D eigenvalue weighted by molar-refractivity contribution is -0.161. The first-order valence-corrected chi connectivity index (χ1v) is 7.95. The third-order valence-electron chi connectivity index (χ3n) is 5.59. The number of hydrogen-bond acceptors (Lipinski definition) is 4. The van der Waals surface area contributed by atoms with E-state index in [9.17, 15) is 14.7 Å². The largest absolute Gasteiger partial charge is 0.497 e. The zero-order chi connectivity index (χ0) is 16.2. The quantitative estimate of drug-likeness (QED) is 0.872. The third kappa shape index (κ3) is 2.08. The van der Waals surface area contributed by atoms with Crippen LogP contribution in [-0.4, -0.2) is 29.8 Å². The van der Waals surface area contributed by atoms with Crippen LogP contribution in [0.1, 0.15) is 36.0 Å². The van der Waals surface area contributed by atoms with Crippen molar-refractivity contribution in [3.05, 3.63) is 23.8 Å². The lowest BCUT2D eigenvalue weighted by Crippen LogP contribution is -2.66. The van der Waals surface area contributed by atoms with Crippen LogP contribution in [0.2, 0.25) is 0 Å². The Morgan fingerprint density at radius 2 is 2.26 bits per heavy atom. The first kappa shape index (κ1) is 14.4. The van der Waals surface area contributed by atoms with Gasteiger partial charge in [0.2, 0.25) is 0 Å². The maximum absolute atomic E-state index is 12.5. The molecule has 1 aromatic carbocycles. The SMILES string of the molecule is COc1ccc2c(c1)OC1(CC3CCC1CC3C(=O)O)NC2=O. The molecule has 5 rings (SSSR count). The fourth-order valence-corrected chi connectivity index (χ4v) is 4.42. The fraction of sp³-hybridized carbons (Fsp3) is 0.529. The van der Waals surface area contributed by atoms with E-state index in [-0.39, 0.29) is 23.7 Å². The summed E-state index contributed by atoms with van der Waals surface area (Å²) in [5, 5.41) is 12.4. The van der Waals surface area contributed by atoms with Gasteiger partial charge in [0, 0.05) is 18.4 Å². The van der Waals surface area contributed by atoms with Gasteiger partial charge in [-0.2, -0.15) is 0 Å². The highest BCUT2D eigenvalue weighted by Gasteiger charge is 2.57. The van der Waals surface area contributed by atoms with E-state index in [4.69, 9.17) is 9.47 Å². The zero-order valence-electron chi connectivity index (χ0n) is 12.9. The van der Waals surface area contributed by atoms with Crippen LogP contribution >= 0.6 is 0 Å². The number of carbonyl (C=O) groups excluding carboxylic acids is 1. The van der Waals surface area contributed by atoms with E-state index < -0.39 is 11.7 Å². The molecule has 0 radical (unpaired) electrons. The first-order chi connectivity index (χ1) is 11.0. The maximum Gasteiger partial charge on any atom is 0.306 e. The Labute approximate surface area is 133 Å². The van der Waals surface area contributed by atoms with Crippen molar-refractivity contribution >= 4 is 11.9 Å². The Morgan fingerprint density at radius 1 is 1.43 bits per heavy atom. The number of methoxy groups -OCH3 is 1. The number of hydrogen-bond donors (Lipinski definition) is 2. The number of carbonyl (C=O) groups is 2. The number of nitrogens with one attached hydrogen (secondary N) is 1. The van der Waals surface area contributed by atoms with Crippen LogP contribution in [0.5, 0.6) is 11.5 Å². The molecule has 6 heteroatoms. The Balaban J connectivity index is 1.69. The normalized spacial score (nSPS) is 34.5. The van der Waals surface area contributed by atoms with Gasteiger partial charge in [-0.1, -0.05) is 0 Å². The number of ether oxygens (including phenoxy) is 2. The minimum absolute atomic E-state index is 0.0249. The maximum atomic E-state index is 12.5. The van der Waals surface area contributed by atoms with E-state index in [0.717, 1.165) is 12.8 Å². The number of benzene rings is 1. The van der Waals surface area contributed by atoms with Crippen molar-refractivity contribution in [2.45, 2.75) is 31.4 Å². The van der Waals surface area contributed by atoms with Gasteiger partial charge in [0.25, 0.3) is 5.91 Å². The van der Waals surface area contributed by atoms with Gasteiger partial charge >= 0.3 is 5.97 Å². The van der Waals surface area contributed by atoms with Crippen LogP contribution in [0.4, 0.5) is 0 Å². The number of aliphatic carboxylic acids is 1. The number of rotatable bonds is 2. The minimum Gasteiger partial charge on any atom is -0.497 e. The topological polar surface area (TPSA) is 84.9 Å². The summed E-state index contributed by atoms with van der Waals surface area (Å²) >= 11 is 0. The molecule has 4 unspecified atom stereocenters. The van der Waals surface area contributed by atoms with Crippen LogP contribution < -0.4 is 14.8 Å². The number of fused-ring (bicyclic) bond motifs is 3. The summed E-state index contributed by atoms with van der Waals surface area (Å²) in [6, 6.07) is 5.15. The predicted octanol–water partition coefficient (Wildman–Crippen LogP) is 2.03. The summed E-state index contributed by atoms with van der Waals surface area (Å²) in [4.78, 5) is 23.9. The van der Waals surface area contributed by atoms with Gasteiger partial charge in [0.05, 0.1) is 18.6 Å². The van der Waals surface area contributed by atoms with Crippen LogP contribution in [0.3, 0.4) is 0 Å². The van der Waals surface area contributed by atoms with Crippen molar-refractivity contribution in [2.75, 3.05) is 7.11 Å². The monoisotopic (exact) mass is 317 g/mol. The highest BCUT2D eigenvalue weighted by atomic mass is 16.5. The van der Waals surface area contributed by atoms with E-state index in [1.165, 1.54) is 0 Å². The molecule has 3 aliphatic carbocycles. The fourth-order valence-electron chi connectivity index (χ4n) is 4.42. The standard InChI is InChI=1S/C17H19NO5/c1-22-11-4-5-12-14(7-11)23-17(18-15(12)19)8-9-2-3-10(17)6-13(9)16(20)21/h4-5,7,9-10,13H,2-3,6,8H2,1H3,(H,18,19)(H,20,21). The average molecular weight is 317 g/mol. The van der Waals surface area contributed by atoms with Gasteiger partial charge < -0.3 is 19.9 Å². The Morgan fingerprint density at radius 3 is 2.91 bits per heavy atom. The Kier molecular flexibility index (Phi) is 3.04. The summed E-state index contributed by atoms with van der Waals surface area (Å²) < 4.78 is 11.4. The Hall–Kier alpha value is -2.24. The van der Waals surface area contributed by atoms with Crippen molar-refractivity contribution < 1.29 is 24.2 Å². The van der Waals surface area contributed by atoms with E-state index in [2.05, 4.69) is 5.32 Å². The zero-order valence-corrected chi connectivity index (χ0v) is 12.9. The van der Waals surface area contributed by atoms with E-state index in [0.29, 0.717) is 29.9 Å². The summed E-state index contributed by atoms with van der Waals surface area (Å²) in [6.45, 7) is 0. The predicted molar refractivity (Wildman–Crippen MR) is 80.4 cm³/mol. The average Bonchev–Trinajstić information content (AvgIpc) is 2.54. The van der Waals surface area contributed by atoms with E-state index in [1.54, 1.807) is 25.3 Å². The molecule has 122 valence electrons. The molecule has 1 aliphatic heterocycles. The van der Waals surface area contributed by atoms with Crippen LogP contribution in [-0.2, 0) is 4.79 Å². The molecular formula is C17H19NO5. The summed E-state index contributed by atoms with van der Waals surface area (Å²) in [5.74, 6) is 0.00559. The van der Waals surface area contributed by atoms with Gasteiger partial charge in [-0.15, -0.1) is 0 Å². The molecule has 1 amide bonds. The second-order valence-corrected chi connectivity index (χ2v) is 6.73. The van der Waals surface area contributed by atoms with Gasteiger partial charge in [-0.3, -0.25) is 9.59 Å². The summed E-state index contributed by atoms with van der Waals surface area (Å²) in [7, 11) is 1.57. The second-order valence-electron chi connectivity index (χ2n) is 6.73. The van der Waals surface area contributed by atoms with Crippen LogP contribution in [0, 0.1) is 17.8 Å². The molecule has 1 aromatic rings. The van der Waals surface area contributed by atoms with Gasteiger partial charge in [0.15, 0.2) is 5.72 Å². The van der Waals surface area contributed by atoms with Crippen molar-refractivity contribution in [2.24, 2.45) is 17.8 Å². The molecule has 0 aromatic heterocycles. The molecule has 4 atom stereocenters. The summed E-state index contributed by atoms with van der Waals surface area (Å²) in [6.07, 6.45) is 2.87. The summed E-state index contributed by atoms with van der Waals surface area (Å²) in [5.41, 5.74) is -0.279. The molecule has 0 saturated heterocycles. The van der Waals surface area contributed by atoms with Crippen molar-refractivity contribution in [1.82, 2.24) is 5.32 Å². The van der Waals surface area contributed by atoms with Gasteiger partial charge in [0.1, 0.15) is 11.5 Å². The van der Waals surface area contributed by atoms with E-state index in [1.807, 2.05) is 0 Å². The highest BCUT2D eigenvalue weighted by molar-refractivity contribution is 5.98. The molecule has 6 nitrogen and oxygen atoms in total. The van der Waals surface area contributed by atoms with Gasteiger partial charge in [-0.25, -0.2) is 0 Å². The number of amides is 1. The van der Waals surface area contributed by atoms with Crippen molar-refractivity contribution in [3.63, 3.8) is 0 Å². The molecule has 3 saturated carbocycles. The lowest BCUT2D eigenvalue weighted by atomic mass is 9.60. The molecule has 23 heavy (non-hydrogen) atoms. The number of carboxylic acids is 1. The third-order valence-corrected chi connectivity index (χ3v) is 5.59.